The number of carbonyl (C=O) groups excluding carboxylic acids is 4. The van der Waals surface area contributed by atoms with Crippen LogP contribution in [0.3, 0.4) is 0 Å². The van der Waals surface area contributed by atoms with E-state index in [0.29, 0.717) is 18.5 Å². The Kier molecular flexibility index (Phi) is 18.0. The fourth-order valence-electron chi connectivity index (χ4n) is 7.42. The third-order valence-corrected chi connectivity index (χ3v) is 10.7. The van der Waals surface area contributed by atoms with Crippen LogP contribution in [0.4, 0.5) is 0 Å². The average Bonchev–Trinajstić information content (AvgIpc) is 3.59. The molecule has 1 saturated heterocycles. The highest BCUT2D eigenvalue weighted by Crippen LogP contribution is 2.30. The van der Waals surface area contributed by atoms with E-state index in [4.69, 9.17) is 9.47 Å². The summed E-state index contributed by atoms with van der Waals surface area (Å²) in [6.45, 7) is 15.9. The summed E-state index contributed by atoms with van der Waals surface area (Å²) >= 11 is 0. The standard InChI is InChI=1S/C39H67N5O7/c1-13-25(6)34(43(10)39(49)33(24(4)5)42-38(48)32(40-9)23(2)3)30(50-11)22-31(45)44-21-17-20-29(44)36(51-12)26(7)37(47)41-27(8)35(46)28-18-15-14-16-19-28/h14-16,18-19,23-27,29-30,32-36,40,46H,13,17,20-22H2,1-12H3,(H,41,47)(H,42,48)/t25-,26+,27+,29?,30+,32-,33-,34?,35+,36+/m0/s1. The second kappa shape index (κ2) is 20.8. The van der Waals surface area contributed by atoms with Crippen LogP contribution in [-0.4, -0.2) is 116 Å². The predicted molar refractivity (Wildman–Crippen MR) is 200 cm³/mol. The Balaban J connectivity index is 2.24. The minimum atomic E-state index is -0.875. The van der Waals surface area contributed by atoms with Crippen LogP contribution in [0.5, 0.6) is 0 Å². The molecule has 1 aliphatic heterocycles. The molecule has 51 heavy (non-hydrogen) atoms. The number of benzene rings is 1. The molecule has 1 aliphatic rings. The van der Waals surface area contributed by atoms with Gasteiger partial charge in [0.25, 0.3) is 0 Å². The van der Waals surface area contributed by atoms with Gasteiger partial charge in [-0.2, -0.15) is 0 Å². The second-order valence-corrected chi connectivity index (χ2v) is 15.0. The van der Waals surface area contributed by atoms with E-state index in [1.807, 2.05) is 71.9 Å². The lowest BCUT2D eigenvalue weighted by Gasteiger charge is -2.41. The maximum Gasteiger partial charge on any atom is 0.245 e. The van der Waals surface area contributed by atoms with Crippen molar-refractivity contribution in [2.24, 2.45) is 23.7 Å². The third kappa shape index (κ3) is 11.5. The van der Waals surface area contributed by atoms with Crippen LogP contribution in [0.2, 0.25) is 0 Å². The molecule has 0 bridgehead atoms. The van der Waals surface area contributed by atoms with Gasteiger partial charge >= 0.3 is 0 Å². The topological polar surface area (TPSA) is 150 Å². The van der Waals surface area contributed by atoms with Crippen molar-refractivity contribution in [1.82, 2.24) is 25.8 Å². The van der Waals surface area contributed by atoms with Gasteiger partial charge in [0.05, 0.1) is 54.8 Å². The molecule has 1 aromatic carbocycles. The zero-order valence-electron chi connectivity index (χ0n) is 33.1. The molecule has 1 aromatic rings. The highest BCUT2D eigenvalue weighted by molar-refractivity contribution is 5.90. The number of nitrogens with zero attached hydrogens (tertiary/aromatic N) is 2. The SMILES string of the molecule is CC[C@H](C)C([C@@H](CC(=O)N1CCCC1[C@H](OC)[C@@H](C)C(=O)N[C@H](C)[C@@H](O)c1ccccc1)OC)N(C)C(=O)[C@@H](NC(=O)[C@@H](NC)C(C)C)C(C)C. The van der Waals surface area contributed by atoms with Crippen LogP contribution in [-0.2, 0) is 28.7 Å². The number of likely N-dealkylation sites (tertiary alicyclic amines) is 1. The van der Waals surface area contributed by atoms with Crippen LogP contribution < -0.4 is 16.0 Å². The number of aliphatic hydroxyl groups is 1. The molecule has 0 saturated carbocycles. The normalized spacial score (nSPS) is 20.1. The summed E-state index contributed by atoms with van der Waals surface area (Å²) in [6.07, 6.45) is 0.147. The maximum atomic E-state index is 14.1. The first kappa shape index (κ1) is 44.1. The van der Waals surface area contributed by atoms with Crippen LogP contribution >= 0.6 is 0 Å². The van der Waals surface area contributed by atoms with Crippen LogP contribution in [0.1, 0.15) is 92.7 Å². The van der Waals surface area contributed by atoms with E-state index < -0.39 is 48.4 Å². The molecule has 0 spiro atoms. The Morgan fingerprint density at radius 1 is 0.922 bits per heavy atom. The van der Waals surface area contributed by atoms with Gasteiger partial charge in [-0.1, -0.05) is 85.2 Å². The summed E-state index contributed by atoms with van der Waals surface area (Å²) < 4.78 is 11.9. The molecule has 290 valence electrons. The molecule has 12 nitrogen and oxygen atoms in total. The molecule has 4 amide bonds. The highest BCUT2D eigenvalue weighted by Gasteiger charge is 2.43. The molecule has 2 unspecified atom stereocenters. The van der Waals surface area contributed by atoms with Crippen molar-refractivity contribution in [1.29, 1.82) is 0 Å². The number of amides is 4. The lowest BCUT2D eigenvalue weighted by molar-refractivity contribution is -0.148. The number of hydrogen-bond acceptors (Lipinski definition) is 8. The van der Waals surface area contributed by atoms with E-state index in [1.54, 1.807) is 52.0 Å². The Labute approximate surface area is 306 Å². The third-order valence-electron chi connectivity index (χ3n) is 10.7. The number of hydrogen-bond donors (Lipinski definition) is 4. The Bertz CT molecular complexity index is 1250. The van der Waals surface area contributed by atoms with Crippen LogP contribution in [0, 0.1) is 23.7 Å². The fraction of sp³-hybridized carbons (Fsp3) is 0.744. The van der Waals surface area contributed by atoms with Gasteiger partial charge in [0.2, 0.25) is 23.6 Å². The minimum Gasteiger partial charge on any atom is -0.386 e. The highest BCUT2D eigenvalue weighted by atomic mass is 16.5. The number of carbonyl (C=O) groups is 4. The minimum absolute atomic E-state index is 0.0148. The van der Waals surface area contributed by atoms with Gasteiger partial charge in [0.15, 0.2) is 0 Å². The van der Waals surface area contributed by atoms with Crippen molar-refractivity contribution < 1.29 is 33.8 Å². The van der Waals surface area contributed by atoms with E-state index in [9.17, 15) is 24.3 Å². The van der Waals surface area contributed by atoms with Crippen molar-refractivity contribution in [2.75, 3.05) is 34.9 Å². The smallest absolute Gasteiger partial charge is 0.245 e. The molecule has 1 fully saturated rings. The fourth-order valence-corrected chi connectivity index (χ4v) is 7.42. The van der Waals surface area contributed by atoms with Crippen LogP contribution in [0.15, 0.2) is 30.3 Å². The van der Waals surface area contributed by atoms with E-state index in [1.165, 1.54) is 0 Å². The molecule has 0 aromatic heterocycles. The number of likely N-dealkylation sites (N-methyl/N-ethyl adjacent to an activating group) is 2. The monoisotopic (exact) mass is 718 g/mol. The molecule has 4 N–H and O–H groups in total. The zero-order chi connectivity index (χ0) is 38.6. The van der Waals surface area contributed by atoms with E-state index in [2.05, 4.69) is 16.0 Å². The predicted octanol–water partition coefficient (Wildman–Crippen LogP) is 3.53. The first-order chi connectivity index (χ1) is 24.0. The Morgan fingerprint density at radius 2 is 1.53 bits per heavy atom. The zero-order valence-corrected chi connectivity index (χ0v) is 33.1. The lowest BCUT2D eigenvalue weighted by Crippen LogP contribution is -2.59. The number of aliphatic hydroxyl groups excluding tert-OH is 1. The largest absolute Gasteiger partial charge is 0.386 e. The summed E-state index contributed by atoms with van der Waals surface area (Å²) in [6, 6.07) is 6.67. The van der Waals surface area contributed by atoms with E-state index >= 15 is 0 Å². The van der Waals surface area contributed by atoms with E-state index in [0.717, 1.165) is 12.8 Å². The summed E-state index contributed by atoms with van der Waals surface area (Å²) in [4.78, 5) is 58.3. The molecule has 0 radical (unpaired) electrons. The number of ether oxygens (including phenoxy) is 2. The number of rotatable bonds is 20. The lowest BCUT2D eigenvalue weighted by atomic mass is 9.89. The van der Waals surface area contributed by atoms with Crippen molar-refractivity contribution >= 4 is 23.6 Å². The van der Waals surface area contributed by atoms with Gasteiger partial charge in [0.1, 0.15) is 6.04 Å². The Morgan fingerprint density at radius 3 is 2.04 bits per heavy atom. The number of methoxy groups -OCH3 is 2. The average molecular weight is 718 g/mol. The summed E-state index contributed by atoms with van der Waals surface area (Å²) in [7, 11) is 6.57. The van der Waals surface area contributed by atoms with E-state index in [-0.39, 0.29) is 53.8 Å². The summed E-state index contributed by atoms with van der Waals surface area (Å²) in [5, 5.41) is 19.8. The van der Waals surface area contributed by atoms with Gasteiger partial charge in [-0.3, -0.25) is 19.2 Å². The molecular weight excluding hydrogens is 650 g/mol. The molecule has 12 heteroatoms. The van der Waals surface area contributed by atoms with Gasteiger partial charge in [-0.25, -0.2) is 0 Å². The van der Waals surface area contributed by atoms with Gasteiger partial charge in [0, 0.05) is 27.8 Å². The first-order valence-corrected chi connectivity index (χ1v) is 18.7. The molecular formula is C39H67N5O7. The summed E-state index contributed by atoms with van der Waals surface area (Å²) in [5.41, 5.74) is 0.711. The number of nitrogens with one attached hydrogen (secondary N) is 3. The van der Waals surface area contributed by atoms with Crippen molar-refractivity contribution in [2.45, 2.75) is 130 Å². The molecule has 0 aliphatic carbocycles. The van der Waals surface area contributed by atoms with Gasteiger partial charge in [-0.05, 0) is 50.1 Å². The first-order valence-electron chi connectivity index (χ1n) is 18.7. The van der Waals surface area contributed by atoms with Gasteiger partial charge in [-0.15, -0.1) is 0 Å². The quantitative estimate of drug-likeness (QED) is 0.160. The van der Waals surface area contributed by atoms with Crippen molar-refractivity contribution in [3.05, 3.63) is 35.9 Å². The Hall–Kier alpha value is -3.06. The molecule has 2 rings (SSSR count). The van der Waals surface area contributed by atoms with Crippen molar-refractivity contribution in [3.8, 4) is 0 Å². The molecule has 10 atom stereocenters. The second-order valence-electron chi connectivity index (χ2n) is 15.0. The molecule has 1 heterocycles. The summed E-state index contributed by atoms with van der Waals surface area (Å²) in [5.74, 6) is -1.62. The van der Waals surface area contributed by atoms with Crippen LogP contribution in [0.25, 0.3) is 0 Å². The van der Waals surface area contributed by atoms with Gasteiger partial charge < -0.3 is 40.3 Å². The van der Waals surface area contributed by atoms with Crippen molar-refractivity contribution in [3.63, 3.8) is 0 Å². The maximum absolute atomic E-state index is 14.1.